The first-order valence-electron chi connectivity index (χ1n) is 6.34. The lowest BCUT2D eigenvalue weighted by atomic mass is 10.0. The van der Waals surface area contributed by atoms with Crippen LogP contribution >= 0.6 is 0 Å². The molecule has 0 bridgehead atoms. The maximum Gasteiger partial charge on any atom is 0.157 e. The van der Waals surface area contributed by atoms with Crippen LogP contribution < -0.4 is 0 Å². The molecule has 1 heterocycles. The van der Waals surface area contributed by atoms with Crippen LogP contribution in [0.4, 0.5) is 0 Å². The molecule has 1 radical (unpaired) electrons. The van der Waals surface area contributed by atoms with Gasteiger partial charge in [0.1, 0.15) is 11.8 Å². The molecule has 0 aromatic carbocycles. The number of methoxy groups -OCH3 is 1. The van der Waals surface area contributed by atoms with Crippen LogP contribution in [0.5, 0.6) is 0 Å². The molecule has 0 atom stereocenters. The van der Waals surface area contributed by atoms with Crippen molar-refractivity contribution in [2.75, 3.05) is 7.11 Å². The van der Waals surface area contributed by atoms with E-state index in [1.54, 1.807) is 7.11 Å². The minimum absolute atomic E-state index is 0.301. The molecular weight excluding hydrogens is 238 g/mol. The predicted octanol–water partition coefficient (Wildman–Crippen LogP) is 3.98. The smallest absolute Gasteiger partial charge is 0.157 e. The van der Waals surface area contributed by atoms with Crippen molar-refractivity contribution in [3.05, 3.63) is 47.5 Å². The third-order valence-electron chi connectivity index (χ3n) is 4.25. The Balaban J connectivity index is 2.33. The highest BCUT2D eigenvalue weighted by Crippen LogP contribution is 2.44. The van der Waals surface area contributed by atoms with E-state index in [0.717, 1.165) is 5.76 Å². The summed E-state index contributed by atoms with van der Waals surface area (Å²) in [6.07, 6.45) is 8.31. The second kappa shape index (κ2) is 4.18. The molecule has 2 nitrogen and oxygen atoms in total. The number of ether oxygens (including phenoxy) is 1. The number of nitrogens with zero attached hydrogens (tertiary/aromatic N) is 1. The predicted molar refractivity (Wildman–Crippen MR) is 78.1 cm³/mol. The van der Waals surface area contributed by atoms with E-state index >= 15 is 0 Å². The van der Waals surface area contributed by atoms with E-state index in [0.29, 0.717) is 5.04 Å². The number of hydrogen-bond donors (Lipinski definition) is 0. The van der Waals surface area contributed by atoms with Gasteiger partial charge in [0.05, 0.1) is 7.11 Å². The highest BCUT2D eigenvalue weighted by molar-refractivity contribution is 6.78. The SMILES string of the molecule is COC1=C[C]2C(=C=CN2[Si](C)(C)C(C)(C)C)C=C1. The molecule has 2 rings (SSSR count). The molecule has 0 fully saturated rings. The maximum atomic E-state index is 5.33. The Bertz CT molecular complexity index is 473. The Hall–Kier alpha value is -1.18. The van der Waals surface area contributed by atoms with Crippen molar-refractivity contribution in [2.45, 2.75) is 38.9 Å². The number of hydrogen-bond acceptors (Lipinski definition) is 2. The lowest BCUT2D eigenvalue weighted by molar-refractivity contribution is 0.304. The Morgan fingerprint density at radius 1 is 1.22 bits per heavy atom. The zero-order valence-corrected chi connectivity index (χ0v) is 13.2. The maximum absolute atomic E-state index is 5.33. The minimum Gasteiger partial charge on any atom is -0.497 e. The normalized spacial score (nSPS) is 19.8. The van der Waals surface area contributed by atoms with Crippen LogP contribution in [0.25, 0.3) is 0 Å². The molecule has 3 heteroatoms. The Kier molecular flexibility index (Phi) is 3.08. The topological polar surface area (TPSA) is 12.5 Å². The van der Waals surface area contributed by atoms with Gasteiger partial charge in [0.25, 0.3) is 0 Å². The highest BCUT2D eigenvalue weighted by atomic mass is 28.3. The van der Waals surface area contributed by atoms with Crippen LogP contribution in [-0.4, -0.2) is 19.9 Å². The van der Waals surface area contributed by atoms with Crippen molar-refractivity contribution in [3.8, 4) is 0 Å². The molecule has 0 unspecified atom stereocenters. The monoisotopic (exact) mass is 260 g/mol. The quantitative estimate of drug-likeness (QED) is 0.550. The summed E-state index contributed by atoms with van der Waals surface area (Å²) in [5.41, 5.74) is 4.53. The van der Waals surface area contributed by atoms with Crippen molar-refractivity contribution in [3.63, 3.8) is 0 Å². The summed E-state index contributed by atoms with van der Waals surface area (Å²) < 4.78 is 7.77. The highest BCUT2D eigenvalue weighted by Gasteiger charge is 2.45. The molecule has 0 aromatic rings. The van der Waals surface area contributed by atoms with Crippen molar-refractivity contribution >= 4 is 8.24 Å². The summed E-state index contributed by atoms with van der Waals surface area (Å²) in [6, 6.07) is 1.24. The largest absolute Gasteiger partial charge is 0.497 e. The minimum atomic E-state index is -1.60. The zero-order valence-electron chi connectivity index (χ0n) is 12.2. The first-order valence-corrected chi connectivity index (χ1v) is 9.29. The van der Waals surface area contributed by atoms with Crippen molar-refractivity contribution in [2.24, 2.45) is 0 Å². The van der Waals surface area contributed by atoms with Gasteiger partial charge in [0.2, 0.25) is 0 Å². The lowest BCUT2D eigenvalue weighted by Gasteiger charge is -2.46. The van der Waals surface area contributed by atoms with E-state index in [-0.39, 0.29) is 0 Å². The van der Waals surface area contributed by atoms with E-state index in [1.807, 2.05) is 6.08 Å². The van der Waals surface area contributed by atoms with Gasteiger partial charge >= 0.3 is 0 Å². The van der Waals surface area contributed by atoms with Gasteiger partial charge in [-0.15, -0.1) is 0 Å². The van der Waals surface area contributed by atoms with Crippen LogP contribution in [0.1, 0.15) is 20.8 Å². The molecule has 0 aromatic heterocycles. The molecule has 1 aliphatic carbocycles. The third kappa shape index (κ3) is 1.98. The fourth-order valence-electron chi connectivity index (χ4n) is 1.99. The molecule has 0 saturated heterocycles. The molecule has 0 saturated carbocycles. The first kappa shape index (κ1) is 13.3. The fourth-order valence-corrected chi connectivity index (χ4v) is 3.88. The van der Waals surface area contributed by atoms with Crippen LogP contribution in [0.2, 0.25) is 18.1 Å². The summed E-state index contributed by atoms with van der Waals surface area (Å²) in [6.45, 7) is 11.8. The van der Waals surface area contributed by atoms with E-state index < -0.39 is 8.24 Å². The van der Waals surface area contributed by atoms with Crippen molar-refractivity contribution < 1.29 is 4.74 Å². The summed E-state index contributed by atoms with van der Waals surface area (Å²) in [5.74, 6) is 0.912. The molecule has 1 aliphatic heterocycles. The molecule has 18 heavy (non-hydrogen) atoms. The number of allylic oxidation sites excluding steroid dienone is 1. The Labute approximate surface area is 111 Å². The molecule has 0 spiro atoms. The van der Waals surface area contributed by atoms with Gasteiger partial charge in [-0.3, -0.25) is 0 Å². The van der Waals surface area contributed by atoms with E-state index in [9.17, 15) is 0 Å². The summed E-state index contributed by atoms with van der Waals surface area (Å²) >= 11 is 0. The Morgan fingerprint density at radius 2 is 1.89 bits per heavy atom. The average molecular weight is 260 g/mol. The average Bonchev–Trinajstić information content (AvgIpc) is 2.70. The summed E-state index contributed by atoms with van der Waals surface area (Å²) in [5, 5.41) is 0.301. The fraction of sp³-hybridized carbons (Fsp3) is 0.467. The van der Waals surface area contributed by atoms with E-state index in [1.165, 1.54) is 11.6 Å². The standard InChI is InChI=1S/C15H22NOSi/c1-15(2,3)18(5,6)16-10-9-12-7-8-13(17-4)11-14(12)16/h7-8,10-11H,1-6H3. The lowest BCUT2D eigenvalue weighted by Crippen LogP contribution is -2.52. The molecular formula is C15H22NOSi. The summed E-state index contributed by atoms with van der Waals surface area (Å²) in [4.78, 5) is 0. The van der Waals surface area contributed by atoms with Gasteiger partial charge in [0, 0.05) is 11.8 Å². The van der Waals surface area contributed by atoms with Crippen molar-refractivity contribution in [1.29, 1.82) is 0 Å². The van der Waals surface area contributed by atoms with Crippen molar-refractivity contribution in [1.82, 2.24) is 4.57 Å². The summed E-state index contributed by atoms with van der Waals surface area (Å²) in [7, 11) is 0.114. The van der Waals surface area contributed by atoms with E-state index in [2.05, 4.69) is 62.5 Å². The molecule has 0 N–H and O–H groups in total. The second-order valence-electron chi connectivity index (χ2n) is 6.34. The second-order valence-corrected chi connectivity index (χ2v) is 11.4. The first-order chi connectivity index (χ1) is 8.27. The molecule has 0 amide bonds. The van der Waals surface area contributed by atoms with Crippen LogP contribution in [0.3, 0.4) is 0 Å². The van der Waals surface area contributed by atoms with Gasteiger partial charge in [-0.2, -0.15) is 0 Å². The van der Waals surface area contributed by atoms with Gasteiger partial charge in [0.15, 0.2) is 8.24 Å². The molecule has 97 valence electrons. The Morgan fingerprint density at radius 3 is 2.44 bits per heavy atom. The molecule has 2 aliphatic rings. The third-order valence-corrected chi connectivity index (χ3v) is 9.50. The number of rotatable bonds is 2. The van der Waals surface area contributed by atoms with Crippen LogP contribution in [-0.2, 0) is 4.74 Å². The zero-order chi connectivity index (χ0) is 13.6. The van der Waals surface area contributed by atoms with Gasteiger partial charge in [-0.05, 0) is 23.3 Å². The van der Waals surface area contributed by atoms with Crippen LogP contribution in [0.15, 0.2) is 41.5 Å². The van der Waals surface area contributed by atoms with Gasteiger partial charge in [-0.25, -0.2) is 0 Å². The van der Waals surface area contributed by atoms with E-state index in [4.69, 9.17) is 4.74 Å². The van der Waals surface area contributed by atoms with Crippen LogP contribution in [0, 0.1) is 6.04 Å². The number of fused-ring (bicyclic) bond motifs is 1. The van der Waals surface area contributed by atoms with Gasteiger partial charge < -0.3 is 9.30 Å². The van der Waals surface area contributed by atoms with Gasteiger partial charge in [-0.1, -0.05) is 39.6 Å².